The van der Waals surface area contributed by atoms with Crippen LogP contribution >= 0.6 is 23.8 Å². The summed E-state index contributed by atoms with van der Waals surface area (Å²) < 4.78 is 0. The summed E-state index contributed by atoms with van der Waals surface area (Å²) in [5.41, 5.74) is 0.818. The predicted molar refractivity (Wildman–Crippen MR) is 52.8 cm³/mol. The second kappa shape index (κ2) is 4.35. The highest BCUT2D eigenvalue weighted by Crippen LogP contribution is 2.10. The molecule has 0 aliphatic rings. The molecule has 1 rings (SSSR count). The van der Waals surface area contributed by atoms with Crippen molar-refractivity contribution in [1.82, 2.24) is 0 Å². The number of benzene rings is 1. The van der Waals surface area contributed by atoms with E-state index in [4.69, 9.17) is 11.6 Å². The molecular formula is C9H6ClO2S-. The zero-order valence-electron chi connectivity index (χ0n) is 6.62. The molecule has 0 aliphatic heterocycles. The second-order valence-corrected chi connectivity index (χ2v) is 3.44. The van der Waals surface area contributed by atoms with Gasteiger partial charge in [-0.2, -0.15) is 0 Å². The normalized spacial score (nSPS) is 9.62. The van der Waals surface area contributed by atoms with Crippen molar-refractivity contribution in [3.63, 3.8) is 0 Å². The Balaban J connectivity index is 2.70. The maximum atomic E-state index is 10.3. The number of halogens is 1. The third-order valence-corrected chi connectivity index (χ3v) is 2.07. The summed E-state index contributed by atoms with van der Waals surface area (Å²) in [7, 11) is 0. The van der Waals surface area contributed by atoms with Crippen LogP contribution in [0.25, 0.3) is 0 Å². The maximum Gasteiger partial charge on any atom is 0.0785 e. The first-order valence-electron chi connectivity index (χ1n) is 3.58. The monoisotopic (exact) mass is 213 g/mol. The summed E-state index contributed by atoms with van der Waals surface area (Å²) in [5, 5.41) is 10.9. The van der Waals surface area contributed by atoms with Gasteiger partial charge >= 0.3 is 0 Å². The summed E-state index contributed by atoms with van der Waals surface area (Å²) in [6.07, 6.45) is 0.217. The van der Waals surface area contributed by atoms with E-state index in [1.165, 1.54) is 0 Å². The molecule has 0 N–H and O–H groups in total. The Bertz CT molecular complexity index is 332. The Kier molecular flexibility index (Phi) is 3.39. The smallest absolute Gasteiger partial charge is 0.0785 e. The first-order chi connectivity index (χ1) is 6.09. The Morgan fingerprint density at radius 2 is 1.92 bits per heavy atom. The molecule has 2 nitrogen and oxygen atoms in total. The van der Waals surface area contributed by atoms with Gasteiger partial charge in [0.2, 0.25) is 0 Å². The van der Waals surface area contributed by atoms with Crippen LogP contribution in [0.5, 0.6) is 0 Å². The predicted octanol–water partition coefficient (Wildman–Crippen LogP) is 1.00. The van der Waals surface area contributed by atoms with Gasteiger partial charge in [0.15, 0.2) is 0 Å². The third-order valence-electron chi connectivity index (χ3n) is 1.51. The Morgan fingerprint density at radius 3 is 2.38 bits per heavy atom. The fraction of sp³-hybridized carbons (Fsp3) is 0.111. The molecule has 0 spiro atoms. The minimum Gasteiger partial charge on any atom is -0.544 e. The van der Waals surface area contributed by atoms with E-state index < -0.39 is 5.97 Å². The summed E-state index contributed by atoms with van der Waals surface area (Å²) in [6, 6.07) is 6.85. The second-order valence-electron chi connectivity index (χ2n) is 2.51. The number of rotatable bonds is 3. The molecule has 0 amide bonds. The highest BCUT2D eigenvalue weighted by Gasteiger charge is 1.99. The van der Waals surface area contributed by atoms with Crippen LogP contribution in [0.4, 0.5) is 0 Å². The van der Waals surface area contributed by atoms with Crippen LogP contribution in [-0.2, 0) is 11.2 Å². The molecule has 0 heterocycles. The van der Waals surface area contributed by atoms with Crippen LogP contribution in [0.3, 0.4) is 0 Å². The molecule has 0 radical (unpaired) electrons. The topological polar surface area (TPSA) is 40.1 Å². The van der Waals surface area contributed by atoms with Gasteiger partial charge in [-0.3, -0.25) is 0 Å². The highest BCUT2D eigenvalue weighted by molar-refractivity contribution is 7.82. The SMILES string of the molecule is O=C([O-])C(=S)Cc1ccc(Cl)cc1. The van der Waals surface area contributed by atoms with Crippen molar-refractivity contribution in [1.29, 1.82) is 0 Å². The van der Waals surface area contributed by atoms with Gasteiger partial charge in [-0.25, -0.2) is 0 Å². The van der Waals surface area contributed by atoms with Crippen LogP contribution < -0.4 is 5.11 Å². The fourth-order valence-corrected chi connectivity index (χ4v) is 1.15. The molecule has 0 unspecified atom stereocenters. The summed E-state index contributed by atoms with van der Waals surface area (Å²) in [6.45, 7) is 0. The summed E-state index contributed by atoms with van der Waals surface area (Å²) in [4.78, 5) is 10.2. The van der Waals surface area contributed by atoms with Gasteiger partial charge in [-0.05, 0) is 17.7 Å². The van der Waals surface area contributed by atoms with Crippen molar-refractivity contribution in [2.75, 3.05) is 0 Å². The zero-order valence-corrected chi connectivity index (χ0v) is 8.19. The van der Waals surface area contributed by atoms with Gasteiger partial charge in [-0.15, -0.1) is 0 Å². The Morgan fingerprint density at radius 1 is 1.38 bits per heavy atom. The van der Waals surface area contributed by atoms with E-state index in [1.807, 2.05) is 0 Å². The molecule has 0 fully saturated rings. The van der Waals surface area contributed by atoms with Crippen molar-refractivity contribution < 1.29 is 9.90 Å². The van der Waals surface area contributed by atoms with E-state index >= 15 is 0 Å². The molecule has 0 bridgehead atoms. The molecule has 4 heteroatoms. The number of aliphatic carboxylic acids is 1. The molecule has 0 saturated heterocycles. The maximum absolute atomic E-state index is 10.3. The number of hydrogen-bond donors (Lipinski definition) is 0. The largest absolute Gasteiger partial charge is 0.544 e. The molecule has 13 heavy (non-hydrogen) atoms. The summed E-state index contributed by atoms with van der Waals surface area (Å²) >= 11 is 10.2. The minimum atomic E-state index is -1.29. The van der Waals surface area contributed by atoms with Crippen molar-refractivity contribution in [2.45, 2.75) is 6.42 Å². The van der Waals surface area contributed by atoms with Crippen molar-refractivity contribution >= 4 is 34.7 Å². The lowest BCUT2D eigenvalue weighted by atomic mass is 10.1. The van der Waals surface area contributed by atoms with Gasteiger partial charge in [0.25, 0.3) is 0 Å². The number of thiocarbonyl (C=S) groups is 1. The van der Waals surface area contributed by atoms with Gasteiger partial charge in [0.05, 0.1) is 5.97 Å². The number of carboxylic acids is 1. The number of hydrogen-bond acceptors (Lipinski definition) is 3. The van der Waals surface area contributed by atoms with Crippen molar-refractivity contribution in [3.8, 4) is 0 Å². The molecule has 1 aromatic rings. The van der Waals surface area contributed by atoms with Crippen LogP contribution in [-0.4, -0.2) is 10.8 Å². The van der Waals surface area contributed by atoms with E-state index in [0.717, 1.165) is 5.56 Å². The third kappa shape index (κ3) is 3.13. The lowest BCUT2D eigenvalue weighted by Gasteiger charge is -2.04. The van der Waals surface area contributed by atoms with Crippen molar-refractivity contribution in [2.24, 2.45) is 0 Å². The van der Waals surface area contributed by atoms with Gasteiger partial charge in [0.1, 0.15) is 0 Å². The lowest BCUT2D eigenvalue weighted by Crippen LogP contribution is -2.31. The van der Waals surface area contributed by atoms with Crippen LogP contribution in [0, 0.1) is 0 Å². The quantitative estimate of drug-likeness (QED) is 0.704. The molecule has 0 saturated carbocycles. The van der Waals surface area contributed by atoms with Crippen LogP contribution in [0.15, 0.2) is 24.3 Å². The molecule has 0 aromatic heterocycles. The number of carbonyl (C=O) groups excluding carboxylic acids is 1. The lowest BCUT2D eigenvalue weighted by molar-refractivity contribution is -0.293. The standard InChI is InChI=1S/C9H7ClO2S/c10-7-3-1-6(2-4-7)5-8(13)9(11)12/h1-4H,5H2,(H,11,12)/p-1. The van der Waals surface area contributed by atoms with Crippen LogP contribution in [0.2, 0.25) is 5.02 Å². The highest BCUT2D eigenvalue weighted by atomic mass is 35.5. The van der Waals surface area contributed by atoms with E-state index in [0.29, 0.717) is 5.02 Å². The van der Waals surface area contributed by atoms with Gasteiger partial charge < -0.3 is 9.90 Å². The van der Waals surface area contributed by atoms with E-state index in [1.54, 1.807) is 24.3 Å². The molecule has 0 aliphatic carbocycles. The molecule has 0 atom stereocenters. The molecular weight excluding hydrogens is 208 g/mol. The van der Waals surface area contributed by atoms with E-state index in [9.17, 15) is 9.90 Å². The Labute approximate surface area is 86.1 Å². The number of carboxylic acid groups (broad SMARTS) is 1. The van der Waals surface area contributed by atoms with Gasteiger partial charge in [-0.1, -0.05) is 36.0 Å². The van der Waals surface area contributed by atoms with Gasteiger partial charge in [0, 0.05) is 16.3 Å². The summed E-state index contributed by atoms with van der Waals surface area (Å²) in [5.74, 6) is -1.29. The molecule has 68 valence electrons. The first-order valence-corrected chi connectivity index (χ1v) is 4.37. The average Bonchev–Trinajstić information content (AvgIpc) is 2.08. The zero-order chi connectivity index (χ0) is 9.84. The molecule has 1 aromatic carbocycles. The van der Waals surface area contributed by atoms with Crippen LogP contribution in [0.1, 0.15) is 5.56 Å². The van der Waals surface area contributed by atoms with Crippen molar-refractivity contribution in [3.05, 3.63) is 34.9 Å². The van der Waals surface area contributed by atoms with E-state index in [-0.39, 0.29) is 11.3 Å². The average molecular weight is 214 g/mol. The Hall–Kier alpha value is -0.930. The van der Waals surface area contributed by atoms with E-state index in [2.05, 4.69) is 12.2 Å². The minimum absolute atomic E-state index is 0.0951. The number of carbonyl (C=O) groups is 1. The first kappa shape index (κ1) is 10.2. The fourth-order valence-electron chi connectivity index (χ4n) is 0.860.